The lowest BCUT2D eigenvalue weighted by molar-refractivity contribution is -0.302. The van der Waals surface area contributed by atoms with Crippen LogP contribution in [0, 0.1) is 0 Å². The third-order valence-electron chi connectivity index (χ3n) is 10.9. The molecule has 0 saturated carbocycles. The van der Waals surface area contributed by atoms with Gasteiger partial charge in [-0.15, -0.1) is 0 Å². The first kappa shape index (κ1) is 52.4. The molecule has 7 unspecified atom stereocenters. The van der Waals surface area contributed by atoms with Crippen LogP contribution >= 0.6 is 0 Å². The molecule has 6 N–H and O–H groups in total. The maximum Gasteiger partial charge on any atom is 0.220 e. The Morgan fingerprint density at radius 2 is 1.02 bits per heavy atom. The molecule has 1 fully saturated rings. The van der Waals surface area contributed by atoms with E-state index in [9.17, 15) is 30.3 Å². The summed E-state index contributed by atoms with van der Waals surface area (Å²) in [6.45, 7) is 3.74. The number of allylic oxidation sites excluding steroid dienone is 5. The zero-order valence-corrected chi connectivity index (χ0v) is 35.9. The normalized spacial score (nSPS) is 21.4. The van der Waals surface area contributed by atoms with Crippen LogP contribution < -0.4 is 5.32 Å². The van der Waals surface area contributed by atoms with Gasteiger partial charge in [0, 0.05) is 6.42 Å². The predicted molar refractivity (Wildman–Crippen MR) is 230 cm³/mol. The average Bonchev–Trinajstić information content (AvgIpc) is 3.20. The number of nitrogens with one attached hydrogen (secondary N) is 1. The molecular formula is C47H87NO8. The van der Waals surface area contributed by atoms with E-state index in [1.807, 2.05) is 6.08 Å². The second kappa shape index (κ2) is 37.7. The van der Waals surface area contributed by atoms with Gasteiger partial charge in [-0.05, 0) is 57.8 Å². The van der Waals surface area contributed by atoms with Crippen molar-refractivity contribution in [3.63, 3.8) is 0 Å². The monoisotopic (exact) mass is 794 g/mol. The lowest BCUT2D eigenvalue weighted by atomic mass is 9.99. The summed E-state index contributed by atoms with van der Waals surface area (Å²) in [5.74, 6) is -0.193. The minimum absolute atomic E-state index is 0.193. The van der Waals surface area contributed by atoms with Crippen LogP contribution in [0.15, 0.2) is 36.5 Å². The first-order valence-corrected chi connectivity index (χ1v) is 23.2. The molecule has 0 aromatic carbocycles. The van der Waals surface area contributed by atoms with Gasteiger partial charge in [0.1, 0.15) is 24.4 Å². The number of rotatable bonds is 38. The highest BCUT2D eigenvalue weighted by molar-refractivity contribution is 5.76. The van der Waals surface area contributed by atoms with Gasteiger partial charge in [-0.1, -0.05) is 172 Å². The van der Waals surface area contributed by atoms with Gasteiger partial charge in [0.2, 0.25) is 5.91 Å². The van der Waals surface area contributed by atoms with Crippen LogP contribution in [0.25, 0.3) is 0 Å². The maximum absolute atomic E-state index is 12.9. The molecule has 7 atom stereocenters. The summed E-state index contributed by atoms with van der Waals surface area (Å²) in [5.41, 5.74) is 0. The third-order valence-corrected chi connectivity index (χ3v) is 10.9. The molecule has 1 heterocycles. The number of amides is 1. The van der Waals surface area contributed by atoms with Crippen LogP contribution in [-0.4, -0.2) is 87.5 Å². The molecule has 328 valence electrons. The van der Waals surface area contributed by atoms with Crippen molar-refractivity contribution >= 4 is 5.91 Å². The van der Waals surface area contributed by atoms with Crippen molar-refractivity contribution in [1.29, 1.82) is 0 Å². The predicted octanol–water partition coefficient (Wildman–Crippen LogP) is 9.67. The summed E-state index contributed by atoms with van der Waals surface area (Å²) in [4.78, 5) is 12.9. The first-order chi connectivity index (χ1) is 27.3. The standard InChI is InChI=1S/C47H87NO8/c1-3-5-7-9-11-13-15-17-19-20-21-23-24-26-28-30-32-34-36-41(50)40(39-55-47-46(54)45(53)44(52)42(38-49)56-47)48-43(51)37-35-33-31-29-27-25-22-18-16-14-12-10-8-6-4-2/h14,16,26,28,34,36,40-42,44-47,49-50,52-54H,3-13,15,17-25,27,29-33,35,37-39H2,1-2H3,(H,48,51)/b16-14-,28-26+,36-34+. The van der Waals surface area contributed by atoms with Crippen LogP contribution in [0.1, 0.15) is 200 Å². The zero-order valence-electron chi connectivity index (χ0n) is 35.9. The van der Waals surface area contributed by atoms with Crippen molar-refractivity contribution in [2.75, 3.05) is 13.2 Å². The quantitative estimate of drug-likeness (QED) is 0.0268. The summed E-state index contributed by atoms with van der Waals surface area (Å²) < 4.78 is 11.2. The molecule has 9 nitrogen and oxygen atoms in total. The number of hydrogen-bond acceptors (Lipinski definition) is 8. The van der Waals surface area contributed by atoms with Crippen molar-refractivity contribution in [3.8, 4) is 0 Å². The molecule has 1 saturated heterocycles. The van der Waals surface area contributed by atoms with Crippen LogP contribution in [0.3, 0.4) is 0 Å². The number of aliphatic hydroxyl groups excluding tert-OH is 5. The van der Waals surface area contributed by atoms with E-state index in [2.05, 4.69) is 43.5 Å². The van der Waals surface area contributed by atoms with Crippen LogP contribution in [0.5, 0.6) is 0 Å². The van der Waals surface area contributed by atoms with E-state index in [0.29, 0.717) is 6.42 Å². The SMILES string of the molecule is CCCCCC/C=C\CCCCCCCCCC(=O)NC(COC1OC(CO)C(O)C(O)C1O)C(O)/C=C/CC/C=C/CCCCCCCCCCCCCC. The molecule has 0 bridgehead atoms. The van der Waals surface area contributed by atoms with E-state index in [-0.39, 0.29) is 12.5 Å². The first-order valence-electron chi connectivity index (χ1n) is 23.2. The molecule has 1 aliphatic rings. The molecular weight excluding hydrogens is 707 g/mol. The van der Waals surface area contributed by atoms with E-state index in [1.165, 1.54) is 128 Å². The van der Waals surface area contributed by atoms with Gasteiger partial charge < -0.3 is 40.3 Å². The van der Waals surface area contributed by atoms with E-state index >= 15 is 0 Å². The van der Waals surface area contributed by atoms with Crippen molar-refractivity contribution in [2.24, 2.45) is 0 Å². The smallest absolute Gasteiger partial charge is 0.220 e. The Kier molecular flexibility index (Phi) is 35.3. The topological polar surface area (TPSA) is 149 Å². The van der Waals surface area contributed by atoms with Gasteiger partial charge in [-0.2, -0.15) is 0 Å². The highest BCUT2D eigenvalue weighted by Crippen LogP contribution is 2.22. The van der Waals surface area contributed by atoms with E-state index in [4.69, 9.17) is 9.47 Å². The molecule has 0 radical (unpaired) electrons. The Morgan fingerprint density at radius 1 is 0.589 bits per heavy atom. The zero-order chi connectivity index (χ0) is 40.9. The highest BCUT2D eigenvalue weighted by Gasteiger charge is 2.44. The number of unbranched alkanes of at least 4 members (excludes halogenated alkanes) is 24. The molecule has 0 aromatic rings. The Hall–Kier alpha value is -1.59. The average molecular weight is 794 g/mol. The van der Waals surface area contributed by atoms with Gasteiger partial charge in [-0.3, -0.25) is 4.79 Å². The summed E-state index contributed by atoms with van der Waals surface area (Å²) >= 11 is 0. The van der Waals surface area contributed by atoms with Crippen molar-refractivity contribution in [3.05, 3.63) is 36.5 Å². The maximum atomic E-state index is 12.9. The fourth-order valence-electron chi connectivity index (χ4n) is 7.17. The van der Waals surface area contributed by atoms with Crippen molar-refractivity contribution in [1.82, 2.24) is 5.32 Å². The number of hydrogen-bond donors (Lipinski definition) is 6. The largest absolute Gasteiger partial charge is 0.394 e. The number of carbonyl (C=O) groups is 1. The van der Waals surface area contributed by atoms with Gasteiger partial charge in [-0.25, -0.2) is 0 Å². The Bertz CT molecular complexity index is 972. The van der Waals surface area contributed by atoms with Crippen molar-refractivity contribution < 1.29 is 39.8 Å². The third kappa shape index (κ3) is 27.9. The summed E-state index contributed by atoms with van der Waals surface area (Å²) in [5, 5.41) is 54.2. The Labute approximate surface area is 342 Å². The lowest BCUT2D eigenvalue weighted by Crippen LogP contribution is -2.60. The highest BCUT2D eigenvalue weighted by atomic mass is 16.7. The van der Waals surface area contributed by atoms with Gasteiger partial charge in [0.25, 0.3) is 0 Å². The van der Waals surface area contributed by atoms with E-state index < -0.39 is 49.5 Å². The minimum atomic E-state index is -1.57. The second-order valence-electron chi connectivity index (χ2n) is 16.2. The molecule has 0 spiro atoms. The fourth-order valence-corrected chi connectivity index (χ4v) is 7.17. The molecule has 1 aliphatic heterocycles. The van der Waals surface area contributed by atoms with Crippen molar-refractivity contribution in [2.45, 2.75) is 243 Å². The molecule has 56 heavy (non-hydrogen) atoms. The number of carbonyl (C=O) groups excluding carboxylic acids is 1. The molecule has 0 aromatic heterocycles. The molecule has 9 heteroatoms. The number of ether oxygens (including phenoxy) is 2. The summed E-state index contributed by atoms with van der Waals surface area (Å²) in [6.07, 6.45) is 39.0. The van der Waals surface area contributed by atoms with E-state index in [1.54, 1.807) is 6.08 Å². The van der Waals surface area contributed by atoms with Crippen LogP contribution in [-0.2, 0) is 14.3 Å². The number of aliphatic hydroxyl groups is 5. The Morgan fingerprint density at radius 3 is 1.52 bits per heavy atom. The molecule has 1 rings (SSSR count). The fraction of sp³-hybridized carbons (Fsp3) is 0.851. The van der Waals surface area contributed by atoms with Gasteiger partial charge in [0.05, 0.1) is 25.4 Å². The summed E-state index contributed by atoms with van der Waals surface area (Å²) in [7, 11) is 0. The Balaban J connectivity index is 2.39. The van der Waals surface area contributed by atoms with E-state index in [0.717, 1.165) is 51.4 Å². The molecule has 1 amide bonds. The minimum Gasteiger partial charge on any atom is -0.394 e. The molecule has 0 aliphatic carbocycles. The summed E-state index contributed by atoms with van der Waals surface area (Å²) in [6, 6.07) is -0.821. The second-order valence-corrected chi connectivity index (χ2v) is 16.2. The van der Waals surface area contributed by atoms with Crippen LogP contribution in [0.4, 0.5) is 0 Å². The van der Waals surface area contributed by atoms with Gasteiger partial charge in [0.15, 0.2) is 6.29 Å². The van der Waals surface area contributed by atoms with Crippen LogP contribution in [0.2, 0.25) is 0 Å². The van der Waals surface area contributed by atoms with Gasteiger partial charge >= 0.3 is 0 Å². The lowest BCUT2D eigenvalue weighted by Gasteiger charge is -2.40.